The van der Waals surface area contributed by atoms with Crippen molar-refractivity contribution in [3.05, 3.63) is 41.6 Å². The summed E-state index contributed by atoms with van der Waals surface area (Å²) >= 11 is 0. The molecule has 1 aliphatic rings. The maximum atomic E-state index is 6.16. The molecular weight excluding hydrogens is 274 g/mol. The van der Waals surface area contributed by atoms with Crippen LogP contribution in [0.15, 0.2) is 30.3 Å². The lowest BCUT2D eigenvalue weighted by Gasteiger charge is -2.33. The van der Waals surface area contributed by atoms with Crippen molar-refractivity contribution in [1.29, 1.82) is 0 Å². The summed E-state index contributed by atoms with van der Waals surface area (Å²) in [5.41, 5.74) is 9.45. The van der Waals surface area contributed by atoms with Crippen molar-refractivity contribution in [2.45, 2.75) is 20.4 Å². The minimum Gasteiger partial charge on any atom is -0.384 e. The Morgan fingerprint density at radius 3 is 2.45 bits per heavy atom. The van der Waals surface area contributed by atoms with Gasteiger partial charge in [-0.25, -0.2) is 4.68 Å². The predicted molar refractivity (Wildman–Crippen MR) is 90.1 cm³/mol. The highest BCUT2D eigenvalue weighted by molar-refractivity contribution is 5.47. The molecule has 0 radical (unpaired) electrons. The summed E-state index contributed by atoms with van der Waals surface area (Å²) in [6, 6.07) is 10.2. The van der Waals surface area contributed by atoms with E-state index in [1.807, 2.05) is 22.9 Å². The zero-order valence-electron chi connectivity index (χ0n) is 13.5. The number of nitrogen functional groups attached to an aromatic ring is 1. The summed E-state index contributed by atoms with van der Waals surface area (Å²) in [5, 5.41) is 4.71. The lowest BCUT2D eigenvalue weighted by molar-refractivity contribution is 0.130. The van der Waals surface area contributed by atoms with Crippen LogP contribution in [0.1, 0.15) is 18.2 Å². The van der Waals surface area contributed by atoms with Crippen LogP contribution in [-0.2, 0) is 6.54 Å². The van der Waals surface area contributed by atoms with Crippen LogP contribution in [0.5, 0.6) is 0 Å². The minimum absolute atomic E-state index is 0.705. The highest BCUT2D eigenvalue weighted by atomic mass is 15.3. The van der Waals surface area contributed by atoms with Crippen molar-refractivity contribution in [3.8, 4) is 5.69 Å². The summed E-state index contributed by atoms with van der Waals surface area (Å²) in [6.07, 6.45) is 0. The first-order valence-electron chi connectivity index (χ1n) is 8.02. The van der Waals surface area contributed by atoms with Gasteiger partial charge in [-0.1, -0.05) is 25.1 Å². The Morgan fingerprint density at radius 1 is 1.09 bits per heavy atom. The van der Waals surface area contributed by atoms with Crippen LogP contribution in [0, 0.1) is 6.92 Å². The van der Waals surface area contributed by atoms with Gasteiger partial charge in [0.2, 0.25) is 0 Å². The van der Waals surface area contributed by atoms with Gasteiger partial charge in [0.15, 0.2) is 0 Å². The number of likely N-dealkylation sites (N-methyl/N-ethyl adjacent to an activating group) is 1. The second kappa shape index (κ2) is 6.50. The molecule has 3 rings (SSSR count). The molecule has 2 heterocycles. The molecule has 1 saturated heterocycles. The summed E-state index contributed by atoms with van der Waals surface area (Å²) < 4.78 is 1.85. The van der Waals surface area contributed by atoms with E-state index in [2.05, 4.69) is 35.8 Å². The smallest absolute Gasteiger partial charge is 0.127 e. The van der Waals surface area contributed by atoms with E-state index in [-0.39, 0.29) is 0 Å². The first-order chi connectivity index (χ1) is 10.7. The molecule has 0 amide bonds. The molecule has 0 spiro atoms. The molecule has 1 aromatic carbocycles. The first kappa shape index (κ1) is 15.1. The van der Waals surface area contributed by atoms with Gasteiger partial charge >= 0.3 is 0 Å². The van der Waals surface area contributed by atoms with Gasteiger partial charge in [-0.3, -0.25) is 4.90 Å². The zero-order chi connectivity index (χ0) is 15.5. The van der Waals surface area contributed by atoms with E-state index < -0.39 is 0 Å². The molecule has 0 unspecified atom stereocenters. The van der Waals surface area contributed by atoms with Gasteiger partial charge in [-0.2, -0.15) is 5.10 Å². The van der Waals surface area contributed by atoms with Crippen molar-refractivity contribution in [2.24, 2.45) is 0 Å². The number of aromatic nitrogens is 2. The van der Waals surface area contributed by atoms with Gasteiger partial charge in [-0.15, -0.1) is 0 Å². The predicted octanol–water partition coefficient (Wildman–Crippen LogP) is 1.90. The number of rotatable bonds is 4. The Labute approximate surface area is 132 Å². The lowest BCUT2D eigenvalue weighted by Crippen LogP contribution is -2.45. The van der Waals surface area contributed by atoms with Crippen molar-refractivity contribution in [1.82, 2.24) is 19.6 Å². The van der Waals surface area contributed by atoms with Crippen molar-refractivity contribution < 1.29 is 0 Å². The molecule has 118 valence electrons. The number of anilines is 1. The normalized spacial score (nSPS) is 17.0. The van der Waals surface area contributed by atoms with Crippen molar-refractivity contribution in [2.75, 3.05) is 38.5 Å². The van der Waals surface area contributed by atoms with Crippen LogP contribution in [0.25, 0.3) is 5.69 Å². The van der Waals surface area contributed by atoms with Crippen LogP contribution < -0.4 is 5.73 Å². The first-order valence-corrected chi connectivity index (χ1v) is 8.02. The van der Waals surface area contributed by atoms with Gasteiger partial charge in [0, 0.05) is 38.8 Å². The van der Waals surface area contributed by atoms with E-state index in [0.29, 0.717) is 5.82 Å². The van der Waals surface area contributed by atoms with E-state index in [4.69, 9.17) is 10.8 Å². The molecule has 5 nitrogen and oxygen atoms in total. The highest BCUT2D eigenvalue weighted by Gasteiger charge is 2.17. The molecular formula is C17H25N5. The Balaban J connectivity index is 1.72. The topological polar surface area (TPSA) is 50.3 Å². The van der Waals surface area contributed by atoms with Crippen LogP contribution >= 0.6 is 0 Å². The van der Waals surface area contributed by atoms with Crippen LogP contribution in [-0.4, -0.2) is 52.3 Å². The summed E-state index contributed by atoms with van der Waals surface area (Å²) in [4.78, 5) is 4.94. The third-order valence-electron chi connectivity index (χ3n) is 4.43. The standard InChI is InChI=1S/C17H25N5/c1-3-20-8-10-21(11-9-20)13-15-12-17(18)22(19-15)16-7-5-4-6-14(16)2/h4-7,12H,3,8-11,13,18H2,1-2H3. The number of nitrogens with two attached hydrogens (primary N) is 1. The zero-order valence-corrected chi connectivity index (χ0v) is 13.5. The fraction of sp³-hybridized carbons (Fsp3) is 0.471. The molecule has 1 fully saturated rings. The molecule has 2 aromatic rings. The molecule has 2 N–H and O–H groups in total. The van der Waals surface area contributed by atoms with E-state index in [0.717, 1.165) is 50.6 Å². The molecule has 0 atom stereocenters. The van der Waals surface area contributed by atoms with Gasteiger partial charge in [0.05, 0.1) is 11.4 Å². The largest absolute Gasteiger partial charge is 0.384 e. The van der Waals surface area contributed by atoms with E-state index in [9.17, 15) is 0 Å². The number of aryl methyl sites for hydroxylation is 1. The number of nitrogens with zero attached hydrogens (tertiary/aromatic N) is 4. The Bertz CT molecular complexity index is 626. The molecule has 5 heteroatoms. The van der Waals surface area contributed by atoms with Gasteiger partial charge in [0.1, 0.15) is 5.82 Å². The highest BCUT2D eigenvalue weighted by Crippen LogP contribution is 2.19. The second-order valence-corrected chi connectivity index (χ2v) is 5.97. The molecule has 0 bridgehead atoms. The molecule has 1 aromatic heterocycles. The minimum atomic E-state index is 0.705. The molecule has 1 aliphatic heterocycles. The van der Waals surface area contributed by atoms with E-state index >= 15 is 0 Å². The van der Waals surface area contributed by atoms with Crippen molar-refractivity contribution >= 4 is 5.82 Å². The fourth-order valence-electron chi connectivity index (χ4n) is 3.01. The Morgan fingerprint density at radius 2 is 1.77 bits per heavy atom. The lowest BCUT2D eigenvalue weighted by atomic mass is 10.2. The van der Waals surface area contributed by atoms with Gasteiger partial charge < -0.3 is 10.6 Å². The molecule has 0 aliphatic carbocycles. The summed E-state index contributed by atoms with van der Waals surface area (Å²) in [6.45, 7) is 10.8. The SMILES string of the molecule is CCN1CCN(Cc2cc(N)n(-c3ccccc3C)n2)CC1. The monoisotopic (exact) mass is 299 g/mol. The molecule has 22 heavy (non-hydrogen) atoms. The third-order valence-corrected chi connectivity index (χ3v) is 4.43. The Hall–Kier alpha value is -1.85. The third kappa shape index (κ3) is 3.15. The van der Waals surface area contributed by atoms with Crippen LogP contribution in [0.4, 0.5) is 5.82 Å². The summed E-state index contributed by atoms with van der Waals surface area (Å²) in [5.74, 6) is 0.705. The van der Waals surface area contributed by atoms with E-state index in [1.54, 1.807) is 0 Å². The number of benzene rings is 1. The average Bonchev–Trinajstić information content (AvgIpc) is 2.89. The van der Waals surface area contributed by atoms with Gasteiger partial charge in [0.25, 0.3) is 0 Å². The molecule has 0 saturated carbocycles. The number of hydrogen-bond acceptors (Lipinski definition) is 4. The average molecular weight is 299 g/mol. The number of piperazine rings is 1. The van der Waals surface area contributed by atoms with Crippen LogP contribution in [0.3, 0.4) is 0 Å². The quantitative estimate of drug-likeness (QED) is 0.937. The summed E-state index contributed by atoms with van der Waals surface area (Å²) in [7, 11) is 0. The van der Waals surface area contributed by atoms with Crippen molar-refractivity contribution in [3.63, 3.8) is 0 Å². The fourth-order valence-corrected chi connectivity index (χ4v) is 3.01. The Kier molecular flexibility index (Phi) is 4.45. The number of para-hydroxylation sites is 1. The second-order valence-electron chi connectivity index (χ2n) is 5.97. The van der Waals surface area contributed by atoms with Crippen LogP contribution in [0.2, 0.25) is 0 Å². The van der Waals surface area contributed by atoms with E-state index in [1.165, 1.54) is 5.56 Å². The number of hydrogen-bond donors (Lipinski definition) is 1. The van der Waals surface area contributed by atoms with Gasteiger partial charge in [-0.05, 0) is 25.1 Å². The maximum Gasteiger partial charge on any atom is 0.127 e. The maximum absolute atomic E-state index is 6.16.